The second kappa shape index (κ2) is 5.05. The highest BCUT2D eigenvalue weighted by Crippen LogP contribution is 2.19. The van der Waals surface area contributed by atoms with Crippen LogP contribution in [0.3, 0.4) is 0 Å². The average Bonchev–Trinajstić information content (AvgIpc) is 2.25. The minimum Gasteiger partial charge on any atom is -0.469 e. The van der Waals surface area contributed by atoms with Crippen molar-refractivity contribution in [3.05, 3.63) is 23.8 Å². The Kier molecular flexibility index (Phi) is 3.99. The van der Waals surface area contributed by atoms with Gasteiger partial charge in [0.05, 0.1) is 13.5 Å². The number of methoxy groups -OCH3 is 1. The van der Waals surface area contributed by atoms with E-state index < -0.39 is 0 Å². The number of hydrogen-bond acceptors (Lipinski definition) is 4. The third kappa shape index (κ3) is 3.61. The Morgan fingerprint density at radius 1 is 1.44 bits per heavy atom. The Labute approximate surface area is 96.1 Å². The molecule has 1 aromatic rings. The van der Waals surface area contributed by atoms with Gasteiger partial charge in [0.2, 0.25) is 0 Å². The van der Waals surface area contributed by atoms with Crippen molar-refractivity contribution in [3.63, 3.8) is 0 Å². The van der Waals surface area contributed by atoms with E-state index in [9.17, 15) is 4.79 Å². The predicted octanol–water partition coefficient (Wildman–Crippen LogP) is 1.88. The van der Waals surface area contributed by atoms with Crippen molar-refractivity contribution < 1.29 is 9.53 Å². The molecule has 88 valence electrons. The number of hydrogen-bond donors (Lipinski definition) is 0. The van der Waals surface area contributed by atoms with E-state index in [4.69, 9.17) is 0 Å². The summed E-state index contributed by atoms with van der Waals surface area (Å²) in [5, 5.41) is 0. The summed E-state index contributed by atoms with van der Waals surface area (Å²) >= 11 is 0. The number of nitrogens with zero attached hydrogens (tertiary/aromatic N) is 2. The fourth-order valence-corrected chi connectivity index (χ4v) is 1.25. The Morgan fingerprint density at radius 3 is 2.69 bits per heavy atom. The topological polar surface area (TPSA) is 52.1 Å². The highest BCUT2D eigenvalue weighted by atomic mass is 16.5. The Hall–Kier alpha value is -1.45. The molecular weight excluding hydrogens is 204 g/mol. The molecule has 16 heavy (non-hydrogen) atoms. The zero-order valence-corrected chi connectivity index (χ0v) is 10.3. The molecule has 0 unspecified atom stereocenters. The number of aryl methyl sites for hydroxylation is 1. The van der Waals surface area contributed by atoms with Crippen LogP contribution in [0.5, 0.6) is 0 Å². The number of rotatable bonds is 3. The summed E-state index contributed by atoms with van der Waals surface area (Å²) in [5.41, 5.74) is 0.991. The fraction of sp³-hybridized carbons (Fsp3) is 0.583. The zero-order chi connectivity index (χ0) is 12.2. The Bertz CT molecular complexity index is 370. The molecule has 4 heteroatoms. The number of aromatic nitrogens is 2. The Morgan fingerprint density at radius 2 is 2.12 bits per heavy atom. The van der Waals surface area contributed by atoms with Crippen LogP contribution >= 0.6 is 0 Å². The molecule has 0 saturated carbocycles. The molecule has 0 N–H and O–H groups in total. The smallest absolute Gasteiger partial charge is 0.305 e. The van der Waals surface area contributed by atoms with Crippen molar-refractivity contribution in [1.82, 2.24) is 9.97 Å². The van der Waals surface area contributed by atoms with E-state index >= 15 is 0 Å². The lowest BCUT2D eigenvalue weighted by molar-refractivity contribution is -0.140. The maximum atomic E-state index is 11.0. The molecular formula is C12H18N2O2. The molecule has 0 spiro atoms. The lowest BCUT2D eigenvalue weighted by atomic mass is 9.92. The maximum absolute atomic E-state index is 11.0. The van der Waals surface area contributed by atoms with Gasteiger partial charge in [0, 0.05) is 23.7 Å². The third-order valence-electron chi connectivity index (χ3n) is 2.25. The van der Waals surface area contributed by atoms with Gasteiger partial charge >= 0.3 is 5.97 Å². The lowest BCUT2D eigenvalue weighted by Gasteiger charge is -2.17. The van der Waals surface area contributed by atoms with Gasteiger partial charge in [-0.05, 0) is 6.07 Å². The van der Waals surface area contributed by atoms with E-state index in [1.54, 1.807) is 6.20 Å². The normalized spacial score (nSPS) is 11.2. The SMILES string of the molecule is COC(=O)CCc1nccc(C(C)(C)C)n1. The molecule has 0 aliphatic rings. The summed E-state index contributed by atoms with van der Waals surface area (Å²) in [7, 11) is 1.38. The van der Waals surface area contributed by atoms with Crippen LogP contribution in [0.25, 0.3) is 0 Å². The monoisotopic (exact) mass is 222 g/mol. The maximum Gasteiger partial charge on any atom is 0.305 e. The van der Waals surface area contributed by atoms with E-state index in [0.717, 1.165) is 5.69 Å². The van der Waals surface area contributed by atoms with Gasteiger partial charge in [-0.1, -0.05) is 20.8 Å². The molecule has 1 aromatic heterocycles. The van der Waals surface area contributed by atoms with Crippen molar-refractivity contribution >= 4 is 5.97 Å². The third-order valence-corrected chi connectivity index (χ3v) is 2.25. The van der Waals surface area contributed by atoms with Crippen molar-refractivity contribution in [2.75, 3.05) is 7.11 Å². The van der Waals surface area contributed by atoms with Crippen LogP contribution in [0.2, 0.25) is 0 Å². The van der Waals surface area contributed by atoms with Gasteiger partial charge in [-0.2, -0.15) is 0 Å². The van der Waals surface area contributed by atoms with Gasteiger partial charge in [-0.3, -0.25) is 4.79 Å². The first-order valence-electron chi connectivity index (χ1n) is 5.32. The standard InChI is InChI=1S/C12H18N2O2/c1-12(2,3)9-7-8-13-10(14-9)5-6-11(15)16-4/h7-8H,5-6H2,1-4H3. The fourth-order valence-electron chi connectivity index (χ4n) is 1.25. The molecule has 0 amide bonds. The van der Waals surface area contributed by atoms with Crippen LogP contribution in [0, 0.1) is 0 Å². The second-order valence-corrected chi connectivity index (χ2v) is 4.68. The highest BCUT2D eigenvalue weighted by Gasteiger charge is 2.16. The van der Waals surface area contributed by atoms with E-state index in [0.29, 0.717) is 18.7 Å². The molecule has 0 saturated heterocycles. The molecule has 0 atom stereocenters. The molecule has 1 rings (SSSR count). The quantitative estimate of drug-likeness (QED) is 0.733. The summed E-state index contributed by atoms with van der Waals surface area (Å²) in [6, 6.07) is 1.90. The second-order valence-electron chi connectivity index (χ2n) is 4.68. The van der Waals surface area contributed by atoms with Gasteiger partial charge in [0.15, 0.2) is 0 Å². The summed E-state index contributed by atoms with van der Waals surface area (Å²) in [5.74, 6) is 0.461. The van der Waals surface area contributed by atoms with Gasteiger partial charge in [-0.15, -0.1) is 0 Å². The van der Waals surface area contributed by atoms with Gasteiger partial charge in [0.25, 0.3) is 0 Å². The first kappa shape index (κ1) is 12.6. The van der Waals surface area contributed by atoms with E-state index in [2.05, 4.69) is 35.5 Å². The minimum absolute atomic E-state index is 0.00293. The molecule has 0 aromatic carbocycles. The molecule has 4 nitrogen and oxygen atoms in total. The largest absolute Gasteiger partial charge is 0.469 e. The first-order valence-corrected chi connectivity index (χ1v) is 5.32. The summed E-state index contributed by atoms with van der Waals surface area (Å²) in [4.78, 5) is 19.6. The Balaban J connectivity index is 2.72. The van der Waals surface area contributed by atoms with Crippen LogP contribution in [0.4, 0.5) is 0 Å². The average molecular weight is 222 g/mol. The summed E-state index contributed by atoms with van der Waals surface area (Å²) in [6.07, 6.45) is 2.58. The van der Waals surface area contributed by atoms with E-state index in [-0.39, 0.29) is 11.4 Å². The van der Waals surface area contributed by atoms with Crippen LogP contribution < -0.4 is 0 Å². The molecule has 0 fully saturated rings. The van der Waals surface area contributed by atoms with Crippen molar-refractivity contribution in [2.45, 2.75) is 39.0 Å². The molecule has 0 bridgehead atoms. The zero-order valence-electron chi connectivity index (χ0n) is 10.3. The van der Waals surface area contributed by atoms with Gasteiger partial charge in [0.1, 0.15) is 5.82 Å². The first-order chi connectivity index (χ1) is 7.43. The minimum atomic E-state index is -0.232. The van der Waals surface area contributed by atoms with Crippen LogP contribution in [-0.4, -0.2) is 23.0 Å². The molecule has 0 aliphatic carbocycles. The van der Waals surface area contributed by atoms with Crippen LogP contribution in [0.15, 0.2) is 12.3 Å². The summed E-state index contributed by atoms with van der Waals surface area (Å²) < 4.78 is 4.57. The molecule has 0 aliphatic heterocycles. The summed E-state index contributed by atoms with van der Waals surface area (Å²) in [6.45, 7) is 6.29. The number of esters is 1. The van der Waals surface area contributed by atoms with E-state index in [1.165, 1.54) is 7.11 Å². The molecule has 0 radical (unpaired) electrons. The number of ether oxygens (including phenoxy) is 1. The van der Waals surface area contributed by atoms with E-state index in [1.807, 2.05) is 6.07 Å². The highest BCUT2D eigenvalue weighted by molar-refractivity contribution is 5.69. The van der Waals surface area contributed by atoms with Gasteiger partial charge < -0.3 is 4.74 Å². The number of carbonyl (C=O) groups is 1. The van der Waals surface area contributed by atoms with Gasteiger partial charge in [-0.25, -0.2) is 9.97 Å². The number of carbonyl (C=O) groups excluding carboxylic acids is 1. The predicted molar refractivity (Wildman–Crippen MR) is 61.1 cm³/mol. The van der Waals surface area contributed by atoms with Crippen molar-refractivity contribution in [3.8, 4) is 0 Å². The lowest BCUT2D eigenvalue weighted by Crippen LogP contribution is -2.15. The molecule has 1 heterocycles. The van der Waals surface area contributed by atoms with Crippen LogP contribution in [-0.2, 0) is 21.4 Å². The van der Waals surface area contributed by atoms with Crippen molar-refractivity contribution in [1.29, 1.82) is 0 Å². The van der Waals surface area contributed by atoms with Crippen molar-refractivity contribution in [2.24, 2.45) is 0 Å². The van der Waals surface area contributed by atoms with Crippen LogP contribution in [0.1, 0.15) is 38.7 Å².